The van der Waals surface area contributed by atoms with Crippen molar-refractivity contribution in [2.45, 2.75) is 40.4 Å². The van der Waals surface area contributed by atoms with Gasteiger partial charge in [0.15, 0.2) is 11.4 Å². The summed E-state index contributed by atoms with van der Waals surface area (Å²) in [6.07, 6.45) is 0. The largest absolute Gasteiger partial charge is 0.456 e. The third kappa shape index (κ3) is 3.30. The molecule has 3 aromatic carbocycles. The highest BCUT2D eigenvalue weighted by atomic mass is 16.3. The summed E-state index contributed by atoms with van der Waals surface area (Å²) < 4.78 is 74.9. The van der Waals surface area contributed by atoms with Gasteiger partial charge >= 0.3 is 0 Å². The summed E-state index contributed by atoms with van der Waals surface area (Å²) in [6, 6.07) is 16.6. The van der Waals surface area contributed by atoms with Crippen molar-refractivity contribution in [2.24, 2.45) is 7.05 Å². The molecule has 0 bridgehead atoms. The Kier molecular flexibility index (Phi) is 3.45. The number of furan rings is 1. The smallest absolute Gasteiger partial charge is 0.216 e. The Bertz CT molecular complexity index is 1930. The van der Waals surface area contributed by atoms with Gasteiger partial charge in [-0.15, -0.1) is 0 Å². The summed E-state index contributed by atoms with van der Waals surface area (Å²) in [5.74, 6) is -2.38. The van der Waals surface area contributed by atoms with Crippen molar-refractivity contribution >= 4 is 27.6 Å². The molecule has 1 unspecified atom stereocenters. The molecule has 0 saturated carbocycles. The predicted molar refractivity (Wildman–Crippen MR) is 140 cm³/mol. The molecule has 0 saturated heterocycles. The molecule has 168 valence electrons. The second-order valence-corrected chi connectivity index (χ2v) is 8.57. The molecular weight excluding hydrogens is 416 g/mol. The van der Waals surface area contributed by atoms with E-state index in [1.807, 2.05) is 55.5 Å². The van der Waals surface area contributed by atoms with Crippen molar-refractivity contribution in [3.05, 3.63) is 94.4 Å². The summed E-state index contributed by atoms with van der Waals surface area (Å²) in [5, 5.41) is 1.48. The number of nitrogens with zero attached hydrogens (tertiary/aromatic N) is 2. The van der Waals surface area contributed by atoms with Crippen molar-refractivity contribution in [3.63, 3.8) is 0 Å². The van der Waals surface area contributed by atoms with E-state index in [2.05, 4.69) is 4.85 Å². The van der Waals surface area contributed by atoms with Gasteiger partial charge in [0.2, 0.25) is 5.69 Å². The van der Waals surface area contributed by atoms with E-state index in [1.54, 1.807) is 24.6 Å². The molecule has 0 spiro atoms. The van der Waals surface area contributed by atoms with Gasteiger partial charge < -0.3 is 4.42 Å². The van der Waals surface area contributed by atoms with Crippen LogP contribution in [0.1, 0.15) is 53.0 Å². The molecular formula is C31H29N2O+. The van der Waals surface area contributed by atoms with Crippen LogP contribution in [0.15, 0.2) is 65.1 Å². The van der Waals surface area contributed by atoms with Crippen LogP contribution >= 0.6 is 0 Å². The van der Waals surface area contributed by atoms with E-state index in [1.165, 1.54) is 0 Å². The van der Waals surface area contributed by atoms with E-state index < -0.39 is 19.6 Å². The standard InChI is InChI=1S/C31H29N2O/c1-18(2)24-16-28(33(7)21(5)20(24)4)30-19(3)13-14-23-26-15-25(22-11-9-8-10-12-22)27(32-6)17-29(26)34-31(23)30/h8-18H,1-5,7H3/q+1/i1D3,4D3,16D,18D. The van der Waals surface area contributed by atoms with Gasteiger partial charge in [-0.2, -0.15) is 4.57 Å². The van der Waals surface area contributed by atoms with E-state index in [0.29, 0.717) is 28.0 Å². The number of rotatable bonds is 3. The van der Waals surface area contributed by atoms with Crippen LogP contribution in [0.4, 0.5) is 5.69 Å². The van der Waals surface area contributed by atoms with Gasteiger partial charge in [-0.1, -0.05) is 62.3 Å². The molecule has 0 aliphatic rings. The summed E-state index contributed by atoms with van der Waals surface area (Å²) in [7, 11) is 1.63. The zero-order valence-electron chi connectivity index (χ0n) is 27.5. The number of hydrogen-bond acceptors (Lipinski definition) is 1. The van der Waals surface area contributed by atoms with E-state index in [-0.39, 0.29) is 28.6 Å². The lowest BCUT2D eigenvalue weighted by molar-refractivity contribution is -0.667. The molecule has 0 aliphatic carbocycles. The Morgan fingerprint density at radius 3 is 2.62 bits per heavy atom. The van der Waals surface area contributed by atoms with Gasteiger partial charge in [0, 0.05) is 38.9 Å². The quantitative estimate of drug-likeness (QED) is 0.199. The molecule has 3 nitrogen and oxygen atoms in total. The molecule has 2 heterocycles. The minimum absolute atomic E-state index is 0.230. The van der Waals surface area contributed by atoms with Crippen LogP contribution in [0, 0.1) is 27.3 Å². The Hall–Kier alpha value is -3.90. The van der Waals surface area contributed by atoms with E-state index in [0.717, 1.165) is 28.8 Å². The maximum atomic E-state index is 9.27. The predicted octanol–water partition coefficient (Wildman–Crippen LogP) is 8.34. The molecule has 2 aromatic heterocycles. The Morgan fingerprint density at radius 2 is 1.91 bits per heavy atom. The monoisotopic (exact) mass is 453 g/mol. The topological polar surface area (TPSA) is 21.4 Å². The third-order valence-electron chi connectivity index (χ3n) is 6.48. The fourth-order valence-electron chi connectivity index (χ4n) is 4.50. The number of hydrogen-bond donors (Lipinski definition) is 0. The molecule has 3 heteroatoms. The van der Waals surface area contributed by atoms with Gasteiger partial charge in [-0.3, -0.25) is 0 Å². The van der Waals surface area contributed by atoms with Crippen LogP contribution < -0.4 is 4.57 Å². The first kappa shape index (κ1) is 14.4. The van der Waals surface area contributed by atoms with Crippen LogP contribution in [0.2, 0.25) is 0 Å². The average Bonchev–Trinajstić information content (AvgIpc) is 3.27. The third-order valence-corrected chi connectivity index (χ3v) is 6.48. The molecule has 0 fully saturated rings. The minimum atomic E-state index is -2.91. The van der Waals surface area contributed by atoms with Crippen molar-refractivity contribution in [1.82, 2.24) is 0 Å². The highest BCUT2D eigenvalue weighted by molar-refractivity contribution is 6.12. The number of aromatic nitrogens is 1. The zero-order chi connectivity index (χ0) is 30.9. The fraction of sp³-hybridized carbons (Fsp3) is 0.226. The SMILES string of the molecule is [2H]c1c(C([2H])(C)C([2H])([2H])[2H])c(C([2H])([2H])[2H])c(C)[n+](C)c1-c1c(C)ccc2c1oc1cc([N+]#[C-])c(-c3ccccc3)cc12. The lowest BCUT2D eigenvalue weighted by atomic mass is 9.92. The molecule has 34 heavy (non-hydrogen) atoms. The lowest BCUT2D eigenvalue weighted by Gasteiger charge is -2.14. The average molecular weight is 454 g/mol. The summed E-state index contributed by atoms with van der Waals surface area (Å²) in [4.78, 5) is 3.73. The lowest BCUT2D eigenvalue weighted by Crippen LogP contribution is -2.36. The van der Waals surface area contributed by atoms with Crippen LogP contribution in [0.5, 0.6) is 0 Å². The second kappa shape index (κ2) is 8.15. The number of aryl methyl sites for hydroxylation is 1. The highest BCUT2D eigenvalue weighted by Crippen LogP contribution is 2.42. The molecule has 1 atom stereocenters. The molecule has 0 N–H and O–H groups in total. The zero-order valence-corrected chi connectivity index (χ0v) is 19.5. The van der Waals surface area contributed by atoms with E-state index in [4.69, 9.17) is 20.6 Å². The van der Waals surface area contributed by atoms with E-state index >= 15 is 0 Å². The Morgan fingerprint density at radius 1 is 1.12 bits per heavy atom. The van der Waals surface area contributed by atoms with Crippen LogP contribution in [-0.2, 0) is 7.05 Å². The second-order valence-electron chi connectivity index (χ2n) is 8.57. The van der Waals surface area contributed by atoms with Crippen molar-refractivity contribution in [3.8, 4) is 22.4 Å². The van der Waals surface area contributed by atoms with Gasteiger partial charge in [-0.05, 0) is 48.0 Å². The van der Waals surface area contributed by atoms with Crippen LogP contribution in [0.3, 0.4) is 0 Å². The highest BCUT2D eigenvalue weighted by Gasteiger charge is 2.25. The molecule has 0 amide bonds. The molecule has 5 aromatic rings. The summed E-state index contributed by atoms with van der Waals surface area (Å²) in [5.41, 5.74) is 3.95. The number of pyridine rings is 1. The number of fused-ring (bicyclic) bond motifs is 3. The van der Waals surface area contributed by atoms with Gasteiger partial charge in [-0.25, -0.2) is 4.85 Å². The van der Waals surface area contributed by atoms with E-state index in [9.17, 15) is 1.37 Å². The van der Waals surface area contributed by atoms with Crippen molar-refractivity contribution in [1.29, 1.82) is 0 Å². The van der Waals surface area contributed by atoms with Crippen molar-refractivity contribution < 1.29 is 20.0 Å². The van der Waals surface area contributed by atoms with Gasteiger partial charge in [0.25, 0.3) is 0 Å². The first-order valence-corrected chi connectivity index (χ1v) is 11.0. The minimum Gasteiger partial charge on any atom is -0.456 e. The number of benzene rings is 3. The Labute approximate surface area is 212 Å². The maximum Gasteiger partial charge on any atom is 0.216 e. The Balaban J connectivity index is 1.93. The molecule has 0 radical (unpaired) electrons. The van der Waals surface area contributed by atoms with Crippen LogP contribution in [0.25, 0.3) is 49.2 Å². The first-order valence-electron chi connectivity index (χ1n) is 15.0. The van der Waals surface area contributed by atoms with Gasteiger partial charge in [0.05, 0.1) is 13.5 Å². The normalized spacial score (nSPS) is 17.4. The van der Waals surface area contributed by atoms with Gasteiger partial charge in [0.1, 0.15) is 18.2 Å². The first-order chi connectivity index (χ1) is 19.5. The summed E-state index contributed by atoms with van der Waals surface area (Å²) in [6.45, 7) is 6.65. The maximum absolute atomic E-state index is 9.27. The van der Waals surface area contributed by atoms with Crippen LogP contribution in [-0.4, -0.2) is 0 Å². The van der Waals surface area contributed by atoms with Crippen molar-refractivity contribution in [2.75, 3.05) is 0 Å². The molecule has 5 rings (SSSR count). The summed E-state index contributed by atoms with van der Waals surface area (Å²) >= 11 is 0. The molecule has 0 aliphatic heterocycles. The fourth-order valence-corrected chi connectivity index (χ4v) is 4.50.